The Bertz CT molecular complexity index is 901. The fourth-order valence-electron chi connectivity index (χ4n) is 3.91. The fraction of sp³-hybridized carbons (Fsp3) is 0.524. The number of sulfonamides is 1. The SMILES string of the molecule is Cc1c(C)c(C)c(S(=O)(=O)NCC(c2ccco2)N2CCOCC2)c(C)c1C. The lowest BCUT2D eigenvalue weighted by Gasteiger charge is -2.33. The molecule has 1 unspecified atom stereocenters. The number of hydrogen-bond donors (Lipinski definition) is 1. The molecular weight excluding hydrogens is 376 g/mol. The van der Waals surface area contributed by atoms with Crippen LogP contribution >= 0.6 is 0 Å². The zero-order valence-electron chi connectivity index (χ0n) is 17.3. The van der Waals surface area contributed by atoms with Crippen molar-refractivity contribution in [3.63, 3.8) is 0 Å². The fourth-order valence-corrected chi connectivity index (χ4v) is 5.54. The number of ether oxygens (including phenoxy) is 1. The minimum absolute atomic E-state index is 0.165. The molecule has 0 bridgehead atoms. The molecule has 1 aliphatic heterocycles. The highest BCUT2D eigenvalue weighted by Crippen LogP contribution is 2.30. The van der Waals surface area contributed by atoms with Crippen molar-refractivity contribution in [3.05, 3.63) is 52.0 Å². The van der Waals surface area contributed by atoms with Crippen LogP contribution in [-0.2, 0) is 14.8 Å². The van der Waals surface area contributed by atoms with Gasteiger partial charge in [0.05, 0.1) is 30.4 Å². The summed E-state index contributed by atoms with van der Waals surface area (Å²) in [6.07, 6.45) is 1.62. The lowest BCUT2D eigenvalue weighted by Crippen LogP contribution is -2.43. The standard InChI is InChI=1S/C21H30N2O4S/c1-14-15(2)17(4)21(18(5)16(14)3)28(24,25)22-13-19(20-7-6-10-27-20)23-8-11-26-12-9-23/h6-7,10,19,22H,8-9,11-13H2,1-5H3. The van der Waals surface area contributed by atoms with Crippen molar-refractivity contribution < 1.29 is 17.6 Å². The predicted molar refractivity (Wildman–Crippen MR) is 109 cm³/mol. The Balaban J connectivity index is 1.89. The van der Waals surface area contributed by atoms with Gasteiger partial charge in [-0.3, -0.25) is 4.90 Å². The van der Waals surface area contributed by atoms with E-state index in [9.17, 15) is 8.42 Å². The van der Waals surface area contributed by atoms with E-state index in [1.165, 1.54) is 0 Å². The maximum absolute atomic E-state index is 13.3. The summed E-state index contributed by atoms with van der Waals surface area (Å²) < 4.78 is 40.4. The van der Waals surface area contributed by atoms with Crippen LogP contribution in [0.5, 0.6) is 0 Å². The summed E-state index contributed by atoms with van der Waals surface area (Å²) in [5, 5.41) is 0. The minimum atomic E-state index is -3.66. The molecule has 1 fully saturated rings. The predicted octanol–water partition coefficient (Wildman–Crippen LogP) is 3.17. The molecular formula is C21H30N2O4S. The number of hydrogen-bond acceptors (Lipinski definition) is 5. The Morgan fingerprint density at radius 3 is 2.11 bits per heavy atom. The summed E-state index contributed by atoms with van der Waals surface area (Å²) in [5.41, 5.74) is 4.83. The highest BCUT2D eigenvalue weighted by atomic mass is 32.2. The number of furan rings is 1. The molecule has 1 saturated heterocycles. The number of nitrogens with one attached hydrogen (secondary N) is 1. The molecule has 1 N–H and O–H groups in total. The molecule has 1 aromatic heterocycles. The van der Waals surface area contributed by atoms with E-state index in [4.69, 9.17) is 9.15 Å². The van der Waals surface area contributed by atoms with E-state index in [1.54, 1.807) is 6.26 Å². The normalized spacial score (nSPS) is 17.0. The zero-order chi connectivity index (χ0) is 20.5. The second-order valence-electron chi connectivity index (χ2n) is 7.49. The summed E-state index contributed by atoms with van der Waals surface area (Å²) in [7, 11) is -3.66. The van der Waals surface area contributed by atoms with Gasteiger partial charge in [-0.15, -0.1) is 0 Å². The molecule has 1 aliphatic rings. The second-order valence-corrected chi connectivity index (χ2v) is 9.19. The molecule has 7 heteroatoms. The van der Waals surface area contributed by atoms with E-state index in [0.29, 0.717) is 18.1 Å². The topological polar surface area (TPSA) is 71.8 Å². The molecule has 3 rings (SSSR count). The monoisotopic (exact) mass is 406 g/mol. The van der Waals surface area contributed by atoms with Crippen LogP contribution < -0.4 is 4.72 Å². The Morgan fingerprint density at radius 2 is 1.57 bits per heavy atom. The van der Waals surface area contributed by atoms with E-state index in [-0.39, 0.29) is 12.6 Å². The molecule has 0 saturated carbocycles. The molecule has 0 aliphatic carbocycles. The molecule has 1 atom stereocenters. The van der Waals surface area contributed by atoms with Crippen LogP contribution in [0.1, 0.15) is 39.6 Å². The lowest BCUT2D eigenvalue weighted by molar-refractivity contribution is 0.0128. The Labute approximate surface area is 167 Å². The third-order valence-corrected chi connectivity index (χ3v) is 7.72. The van der Waals surface area contributed by atoms with Crippen LogP contribution in [0.2, 0.25) is 0 Å². The van der Waals surface area contributed by atoms with Crippen LogP contribution in [-0.4, -0.2) is 46.2 Å². The highest BCUT2D eigenvalue weighted by molar-refractivity contribution is 7.89. The molecule has 6 nitrogen and oxygen atoms in total. The summed E-state index contributed by atoms with van der Waals surface area (Å²) >= 11 is 0. The average Bonchev–Trinajstić information content (AvgIpc) is 3.20. The Morgan fingerprint density at radius 1 is 1.00 bits per heavy atom. The zero-order valence-corrected chi connectivity index (χ0v) is 18.1. The van der Waals surface area contributed by atoms with E-state index in [1.807, 2.05) is 46.8 Å². The van der Waals surface area contributed by atoms with Crippen molar-refractivity contribution in [1.29, 1.82) is 0 Å². The van der Waals surface area contributed by atoms with Gasteiger partial charge in [0.15, 0.2) is 0 Å². The maximum Gasteiger partial charge on any atom is 0.241 e. The van der Waals surface area contributed by atoms with Crippen molar-refractivity contribution >= 4 is 10.0 Å². The minimum Gasteiger partial charge on any atom is -0.468 e. The first-order valence-corrected chi connectivity index (χ1v) is 11.1. The van der Waals surface area contributed by atoms with Gasteiger partial charge >= 0.3 is 0 Å². The van der Waals surface area contributed by atoms with Gasteiger partial charge in [0.1, 0.15) is 5.76 Å². The number of nitrogens with zero attached hydrogens (tertiary/aromatic N) is 1. The van der Waals surface area contributed by atoms with E-state index < -0.39 is 10.0 Å². The van der Waals surface area contributed by atoms with Gasteiger partial charge in [0.2, 0.25) is 10.0 Å². The number of morpholine rings is 1. The van der Waals surface area contributed by atoms with E-state index in [2.05, 4.69) is 9.62 Å². The second kappa shape index (κ2) is 8.37. The average molecular weight is 407 g/mol. The van der Waals surface area contributed by atoms with Crippen molar-refractivity contribution in [2.24, 2.45) is 0 Å². The quantitative estimate of drug-likeness (QED) is 0.798. The summed E-state index contributed by atoms with van der Waals surface area (Å²) in [6, 6.07) is 3.56. The third-order valence-electron chi connectivity index (χ3n) is 6.02. The van der Waals surface area contributed by atoms with Gasteiger partial charge in [-0.1, -0.05) is 0 Å². The van der Waals surface area contributed by atoms with Crippen molar-refractivity contribution in [3.8, 4) is 0 Å². The first-order chi connectivity index (χ1) is 13.2. The largest absolute Gasteiger partial charge is 0.468 e. The van der Waals surface area contributed by atoms with Crippen LogP contribution in [0, 0.1) is 34.6 Å². The van der Waals surface area contributed by atoms with Crippen LogP contribution in [0.15, 0.2) is 27.7 Å². The third kappa shape index (κ3) is 4.03. The van der Waals surface area contributed by atoms with Gasteiger partial charge in [0.25, 0.3) is 0 Å². The lowest BCUT2D eigenvalue weighted by atomic mass is 9.95. The Kier molecular flexibility index (Phi) is 6.29. The molecule has 0 spiro atoms. The van der Waals surface area contributed by atoms with Crippen molar-refractivity contribution in [2.45, 2.75) is 45.6 Å². The summed E-state index contributed by atoms with van der Waals surface area (Å²) in [4.78, 5) is 2.60. The van der Waals surface area contributed by atoms with Gasteiger partial charge in [-0.2, -0.15) is 0 Å². The van der Waals surface area contributed by atoms with E-state index >= 15 is 0 Å². The number of rotatable bonds is 6. The summed E-state index contributed by atoms with van der Waals surface area (Å²) in [6.45, 7) is 12.8. The van der Waals surface area contributed by atoms with Crippen molar-refractivity contribution in [1.82, 2.24) is 9.62 Å². The van der Waals surface area contributed by atoms with Crippen molar-refractivity contribution in [2.75, 3.05) is 32.8 Å². The molecule has 0 amide bonds. The summed E-state index contributed by atoms with van der Waals surface area (Å²) in [5.74, 6) is 0.759. The van der Waals surface area contributed by atoms with Gasteiger partial charge in [-0.05, 0) is 74.6 Å². The van der Waals surface area contributed by atoms with Gasteiger partial charge in [-0.25, -0.2) is 13.1 Å². The van der Waals surface area contributed by atoms with Gasteiger partial charge < -0.3 is 9.15 Å². The highest BCUT2D eigenvalue weighted by Gasteiger charge is 2.29. The molecule has 2 heterocycles. The molecule has 154 valence electrons. The van der Waals surface area contributed by atoms with E-state index in [0.717, 1.165) is 46.7 Å². The molecule has 28 heavy (non-hydrogen) atoms. The first-order valence-electron chi connectivity index (χ1n) is 9.66. The first kappa shape index (κ1) is 21.0. The van der Waals surface area contributed by atoms with Crippen LogP contribution in [0.25, 0.3) is 0 Å². The smallest absolute Gasteiger partial charge is 0.241 e. The number of benzene rings is 1. The molecule has 1 aromatic carbocycles. The van der Waals surface area contributed by atoms with Crippen LogP contribution in [0.3, 0.4) is 0 Å². The maximum atomic E-state index is 13.3. The Hall–Kier alpha value is -1.67. The van der Waals surface area contributed by atoms with Crippen LogP contribution in [0.4, 0.5) is 0 Å². The molecule has 2 aromatic rings. The van der Waals surface area contributed by atoms with Gasteiger partial charge in [0, 0.05) is 19.6 Å². The molecule has 0 radical (unpaired) electrons.